The summed E-state index contributed by atoms with van der Waals surface area (Å²) in [6.07, 6.45) is 1.19. The number of ether oxygens (including phenoxy) is 1. The minimum absolute atomic E-state index is 0.0340. The monoisotopic (exact) mass is 258 g/mol. The van der Waals surface area contributed by atoms with E-state index in [-0.39, 0.29) is 11.7 Å². The van der Waals surface area contributed by atoms with E-state index < -0.39 is 0 Å². The summed E-state index contributed by atoms with van der Waals surface area (Å²) in [5.74, 6) is 0.230. The molecule has 2 rings (SSSR count). The Kier molecular flexibility index (Phi) is 3.85. The molecule has 1 heterocycles. The maximum absolute atomic E-state index is 11.9. The molecule has 0 bridgehead atoms. The van der Waals surface area contributed by atoms with Gasteiger partial charge in [-0.05, 0) is 24.1 Å². The Morgan fingerprint density at radius 3 is 2.88 bits per heavy atom. The molecule has 1 aromatic rings. The van der Waals surface area contributed by atoms with Gasteiger partial charge in [-0.15, -0.1) is 0 Å². The summed E-state index contributed by atoms with van der Waals surface area (Å²) in [5.41, 5.74) is 0.836. The molecule has 1 fully saturated rings. The normalized spacial score (nSPS) is 20.0. The highest BCUT2D eigenvalue weighted by Gasteiger charge is 2.23. The molecule has 0 amide bonds. The van der Waals surface area contributed by atoms with Crippen molar-refractivity contribution in [2.24, 2.45) is 5.92 Å². The first-order valence-corrected chi connectivity index (χ1v) is 5.97. The third-order valence-corrected chi connectivity index (χ3v) is 3.35. The highest BCUT2D eigenvalue weighted by Crippen LogP contribution is 2.23. The molecule has 16 heavy (non-hydrogen) atoms. The molecule has 86 valence electrons. The summed E-state index contributed by atoms with van der Waals surface area (Å²) < 4.78 is 5.19. The van der Waals surface area contributed by atoms with Gasteiger partial charge in [-0.3, -0.25) is 4.79 Å². The van der Waals surface area contributed by atoms with Crippen LogP contribution in [0.2, 0.25) is 10.0 Å². The molecule has 1 saturated heterocycles. The molecule has 2 nitrogen and oxygen atoms in total. The molecule has 0 aliphatic carbocycles. The molecule has 1 aromatic carbocycles. The molecule has 0 aromatic heterocycles. The van der Waals surface area contributed by atoms with Crippen molar-refractivity contribution >= 4 is 29.0 Å². The van der Waals surface area contributed by atoms with E-state index in [0.717, 1.165) is 12.0 Å². The van der Waals surface area contributed by atoms with Gasteiger partial charge in [-0.2, -0.15) is 0 Å². The second kappa shape index (κ2) is 5.17. The summed E-state index contributed by atoms with van der Waals surface area (Å²) in [4.78, 5) is 11.9. The molecule has 1 unspecified atom stereocenters. The minimum Gasteiger partial charge on any atom is -0.381 e. The highest BCUT2D eigenvalue weighted by atomic mass is 35.5. The molecule has 0 radical (unpaired) electrons. The van der Waals surface area contributed by atoms with E-state index in [0.29, 0.717) is 29.7 Å². The molecule has 0 saturated carbocycles. The van der Waals surface area contributed by atoms with Crippen LogP contribution in [0.15, 0.2) is 18.2 Å². The first-order valence-electron chi connectivity index (χ1n) is 5.21. The molecular weight excluding hydrogens is 247 g/mol. The average molecular weight is 259 g/mol. The van der Waals surface area contributed by atoms with Crippen molar-refractivity contribution in [1.82, 2.24) is 0 Å². The summed E-state index contributed by atoms with van der Waals surface area (Å²) in [7, 11) is 0. The maximum Gasteiger partial charge on any atom is 0.142 e. The quantitative estimate of drug-likeness (QED) is 0.833. The van der Waals surface area contributed by atoms with Crippen LogP contribution in [0.5, 0.6) is 0 Å². The molecule has 1 aliphatic heterocycles. The van der Waals surface area contributed by atoms with Gasteiger partial charge in [0.25, 0.3) is 0 Å². The number of Topliss-reactive ketones (excluding diaryl/α,β-unsaturated/α-hetero) is 1. The van der Waals surface area contributed by atoms with Crippen molar-refractivity contribution in [3.8, 4) is 0 Å². The van der Waals surface area contributed by atoms with Crippen LogP contribution in [0.4, 0.5) is 0 Å². The highest BCUT2D eigenvalue weighted by molar-refractivity contribution is 6.35. The zero-order valence-electron chi connectivity index (χ0n) is 8.71. The Bertz CT molecular complexity index is 398. The van der Waals surface area contributed by atoms with Gasteiger partial charge in [0.15, 0.2) is 0 Å². The molecule has 1 aliphatic rings. The van der Waals surface area contributed by atoms with Crippen molar-refractivity contribution in [1.29, 1.82) is 0 Å². The fraction of sp³-hybridized carbons (Fsp3) is 0.417. The predicted octanol–water partition coefficient (Wildman–Crippen LogP) is 3.14. The van der Waals surface area contributed by atoms with Crippen LogP contribution in [-0.4, -0.2) is 19.0 Å². The Balaban J connectivity index is 2.05. The Hall–Kier alpha value is -0.570. The van der Waals surface area contributed by atoms with Gasteiger partial charge < -0.3 is 4.74 Å². The van der Waals surface area contributed by atoms with E-state index in [2.05, 4.69) is 0 Å². The van der Waals surface area contributed by atoms with Gasteiger partial charge in [-0.1, -0.05) is 29.3 Å². The lowest BCUT2D eigenvalue weighted by molar-refractivity contribution is -0.122. The number of benzene rings is 1. The van der Waals surface area contributed by atoms with Gasteiger partial charge in [-0.25, -0.2) is 0 Å². The van der Waals surface area contributed by atoms with Gasteiger partial charge >= 0.3 is 0 Å². The second-order valence-corrected chi connectivity index (χ2v) is 4.78. The molecular formula is C12H12Cl2O2. The van der Waals surface area contributed by atoms with Gasteiger partial charge in [0.05, 0.1) is 6.61 Å². The van der Waals surface area contributed by atoms with Gasteiger partial charge in [0.2, 0.25) is 0 Å². The standard InChI is InChI=1S/C12H12Cl2O2/c13-10-2-1-8(11(14)6-10)5-12(15)9-3-4-16-7-9/h1-2,6,9H,3-5,7H2. The lowest BCUT2D eigenvalue weighted by atomic mass is 9.97. The molecule has 0 spiro atoms. The Morgan fingerprint density at radius 1 is 1.44 bits per heavy atom. The van der Waals surface area contributed by atoms with E-state index >= 15 is 0 Å². The third kappa shape index (κ3) is 2.76. The van der Waals surface area contributed by atoms with Gasteiger partial charge in [0, 0.05) is 29.0 Å². The SMILES string of the molecule is O=C(Cc1ccc(Cl)cc1Cl)C1CCOC1. The number of carbonyl (C=O) groups excluding carboxylic acids is 1. The van der Waals surface area contributed by atoms with Crippen LogP contribution in [0.25, 0.3) is 0 Å². The summed E-state index contributed by atoms with van der Waals surface area (Å²) in [6.45, 7) is 1.23. The largest absolute Gasteiger partial charge is 0.381 e. The topological polar surface area (TPSA) is 26.3 Å². The lowest BCUT2D eigenvalue weighted by Crippen LogP contribution is -2.16. The molecule has 0 N–H and O–H groups in total. The zero-order valence-corrected chi connectivity index (χ0v) is 10.2. The van der Waals surface area contributed by atoms with Crippen LogP contribution < -0.4 is 0 Å². The van der Waals surface area contributed by atoms with Crippen LogP contribution in [0.1, 0.15) is 12.0 Å². The summed E-state index contributed by atoms with van der Waals surface area (Å²) in [6, 6.07) is 5.22. The van der Waals surface area contributed by atoms with Crippen molar-refractivity contribution in [2.45, 2.75) is 12.8 Å². The zero-order chi connectivity index (χ0) is 11.5. The fourth-order valence-corrected chi connectivity index (χ4v) is 2.26. The number of hydrogen-bond donors (Lipinski definition) is 0. The van der Waals surface area contributed by atoms with Crippen LogP contribution in [-0.2, 0) is 16.0 Å². The first kappa shape index (κ1) is 11.9. The smallest absolute Gasteiger partial charge is 0.142 e. The van der Waals surface area contributed by atoms with E-state index in [4.69, 9.17) is 27.9 Å². The van der Waals surface area contributed by atoms with Crippen LogP contribution >= 0.6 is 23.2 Å². The summed E-state index contributed by atoms with van der Waals surface area (Å²) >= 11 is 11.8. The predicted molar refractivity (Wildman–Crippen MR) is 64.1 cm³/mol. The number of hydrogen-bond acceptors (Lipinski definition) is 2. The van der Waals surface area contributed by atoms with Crippen LogP contribution in [0.3, 0.4) is 0 Å². The van der Waals surface area contributed by atoms with Crippen molar-refractivity contribution in [3.63, 3.8) is 0 Å². The first-order chi connectivity index (χ1) is 7.66. The van der Waals surface area contributed by atoms with Crippen molar-refractivity contribution in [2.75, 3.05) is 13.2 Å². The average Bonchev–Trinajstić information content (AvgIpc) is 2.75. The molecule has 4 heteroatoms. The van der Waals surface area contributed by atoms with E-state index in [1.165, 1.54) is 0 Å². The summed E-state index contributed by atoms with van der Waals surface area (Å²) in [5, 5.41) is 1.14. The molecule has 1 atom stereocenters. The van der Waals surface area contributed by atoms with Crippen LogP contribution in [0, 0.1) is 5.92 Å². The lowest BCUT2D eigenvalue weighted by Gasteiger charge is -2.08. The fourth-order valence-electron chi connectivity index (χ4n) is 1.79. The van der Waals surface area contributed by atoms with Crippen molar-refractivity contribution in [3.05, 3.63) is 33.8 Å². The minimum atomic E-state index is 0.0340. The number of carbonyl (C=O) groups is 1. The van der Waals surface area contributed by atoms with E-state index in [1.54, 1.807) is 18.2 Å². The Morgan fingerprint density at radius 2 is 2.25 bits per heavy atom. The maximum atomic E-state index is 11.9. The number of ketones is 1. The van der Waals surface area contributed by atoms with E-state index in [9.17, 15) is 4.79 Å². The second-order valence-electron chi connectivity index (χ2n) is 3.94. The number of halogens is 2. The van der Waals surface area contributed by atoms with Crippen molar-refractivity contribution < 1.29 is 9.53 Å². The van der Waals surface area contributed by atoms with Gasteiger partial charge in [0.1, 0.15) is 5.78 Å². The van der Waals surface area contributed by atoms with E-state index in [1.807, 2.05) is 0 Å². The Labute approximate surface area is 104 Å². The third-order valence-electron chi connectivity index (χ3n) is 2.76. The number of rotatable bonds is 3.